The largest absolute Gasteiger partial charge is 0.0955 e. The molecule has 1 aromatic rings. The summed E-state index contributed by atoms with van der Waals surface area (Å²) in [7, 11) is 1.30. The Kier molecular flexibility index (Phi) is 3.29. The summed E-state index contributed by atoms with van der Waals surface area (Å²) < 4.78 is 0. The van der Waals surface area contributed by atoms with Crippen molar-refractivity contribution in [3.63, 3.8) is 0 Å². The van der Waals surface area contributed by atoms with Crippen molar-refractivity contribution in [3.05, 3.63) is 42.0 Å². The third-order valence-electron chi connectivity index (χ3n) is 1.99. The minimum absolute atomic E-state index is 1.15. The first kappa shape index (κ1) is 9.27. The second-order valence-electron chi connectivity index (χ2n) is 3.23. The lowest BCUT2D eigenvalue weighted by molar-refractivity contribution is 1.13. The molecule has 12 heavy (non-hydrogen) atoms. The standard InChI is InChI=1S/C11H16Si/c1-9(2)11-5-3-10(4-6-11)7-8-12/h3-6H,1,7-8H2,2,12H3. The van der Waals surface area contributed by atoms with Crippen LogP contribution in [0.4, 0.5) is 0 Å². The van der Waals surface area contributed by atoms with Gasteiger partial charge in [0.05, 0.1) is 0 Å². The molecule has 0 aliphatic carbocycles. The maximum Gasteiger partial charge on any atom is 0.00321 e. The van der Waals surface area contributed by atoms with Gasteiger partial charge in [-0.25, -0.2) is 0 Å². The molecule has 0 fully saturated rings. The smallest absolute Gasteiger partial charge is 0.00321 e. The zero-order valence-corrected chi connectivity index (χ0v) is 9.93. The average molecular weight is 176 g/mol. The molecule has 1 rings (SSSR count). The monoisotopic (exact) mass is 176 g/mol. The predicted molar refractivity (Wildman–Crippen MR) is 59.6 cm³/mol. The van der Waals surface area contributed by atoms with E-state index in [1.165, 1.54) is 33.8 Å². The predicted octanol–water partition coefficient (Wildman–Crippen LogP) is 2.05. The molecule has 0 aromatic heterocycles. The van der Waals surface area contributed by atoms with E-state index in [0.29, 0.717) is 0 Å². The van der Waals surface area contributed by atoms with Gasteiger partial charge in [-0.05, 0) is 24.5 Å². The highest BCUT2D eigenvalue weighted by Crippen LogP contribution is 2.12. The van der Waals surface area contributed by atoms with Crippen molar-refractivity contribution < 1.29 is 0 Å². The van der Waals surface area contributed by atoms with Crippen LogP contribution in [0, 0.1) is 0 Å². The van der Waals surface area contributed by atoms with Crippen LogP contribution >= 0.6 is 0 Å². The minimum atomic E-state index is 1.15. The maximum absolute atomic E-state index is 3.91. The molecule has 64 valence electrons. The van der Waals surface area contributed by atoms with Crippen LogP contribution in [0.2, 0.25) is 6.04 Å². The van der Waals surface area contributed by atoms with Gasteiger partial charge in [0.25, 0.3) is 0 Å². The lowest BCUT2D eigenvalue weighted by atomic mass is 10.1. The van der Waals surface area contributed by atoms with Gasteiger partial charge in [0, 0.05) is 10.2 Å². The molecule has 0 radical (unpaired) electrons. The van der Waals surface area contributed by atoms with E-state index in [1.807, 2.05) is 6.92 Å². The Balaban J connectivity index is 2.78. The summed E-state index contributed by atoms with van der Waals surface area (Å²) in [4.78, 5) is 0. The molecule has 0 unspecified atom stereocenters. The van der Waals surface area contributed by atoms with Gasteiger partial charge in [-0.3, -0.25) is 0 Å². The van der Waals surface area contributed by atoms with Crippen LogP contribution in [0.3, 0.4) is 0 Å². The lowest BCUT2D eigenvalue weighted by Crippen LogP contribution is -1.84. The molecule has 1 aromatic carbocycles. The number of aryl methyl sites for hydroxylation is 1. The number of hydrogen-bond donors (Lipinski definition) is 0. The number of rotatable bonds is 3. The highest BCUT2D eigenvalue weighted by atomic mass is 28.1. The summed E-state index contributed by atoms with van der Waals surface area (Å²) in [6.45, 7) is 5.95. The molecule has 0 aliphatic heterocycles. The molecular weight excluding hydrogens is 160 g/mol. The summed E-state index contributed by atoms with van der Waals surface area (Å²) in [5.74, 6) is 0. The summed E-state index contributed by atoms with van der Waals surface area (Å²) in [5, 5.41) is 0. The van der Waals surface area contributed by atoms with Gasteiger partial charge in [0.1, 0.15) is 0 Å². The average Bonchev–Trinajstić information content (AvgIpc) is 2.06. The third-order valence-corrected chi connectivity index (χ3v) is 2.49. The molecule has 0 amide bonds. The van der Waals surface area contributed by atoms with Gasteiger partial charge in [-0.15, -0.1) is 0 Å². The first-order chi connectivity index (χ1) is 5.74. The van der Waals surface area contributed by atoms with Gasteiger partial charge in [0.15, 0.2) is 0 Å². The van der Waals surface area contributed by atoms with Crippen LogP contribution in [0.5, 0.6) is 0 Å². The Labute approximate surface area is 77.7 Å². The Morgan fingerprint density at radius 2 is 1.92 bits per heavy atom. The molecule has 0 atom stereocenters. The Morgan fingerprint density at radius 1 is 1.33 bits per heavy atom. The molecule has 0 aliphatic rings. The number of hydrogen-bond acceptors (Lipinski definition) is 0. The second kappa shape index (κ2) is 4.26. The van der Waals surface area contributed by atoms with Gasteiger partial charge in [-0.1, -0.05) is 42.5 Å². The topological polar surface area (TPSA) is 0 Å². The van der Waals surface area contributed by atoms with Crippen molar-refractivity contribution in [3.8, 4) is 0 Å². The van der Waals surface area contributed by atoms with Crippen LogP contribution in [0.1, 0.15) is 18.1 Å². The van der Waals surface area contributed by atoms with E-state index in [4.69, 9.17) is 0 Å². The molecular formula is C11H16Si. The van der Waals surface area contributed by atoms with Crippen LogP contribution in [0.15, 0.2) is 30.8 Å². The highest BCUT2D eigenvalue weighted by Gasteiger charge is 1.93. The molecule has 0 N–H and O–H groups in total. The Bertz CT molecular complexity index is 259. The summed E-state index contributed by atoms with van der Waals surface area (Å²) in [6, 6.07) is 10.1. The number of benzene rings is 1. The normalized spacial score (nSPS) is 10.1. The van der Waals surface area contributed by atoms with Crippen LogP contribution < -0.4 is 0 Å². The first-order valence-electron chi connectivity index (χ1n) is 4.49. The summed E-state index contributed by atoms with van der Waals surface area (Å²) in [5.41, 5.74) is 3.86. The summed E-state index contributed by atoms with van der Waals surface area (Å²) >= 11 is 0. The first-order valence-corrected chi connectivity index (χ1v) is 5.90. The van der Waals surface area contributed by atoms with E-state index >= 15 is 0 Å². The second-order valence-corrected chi connectivity index (χ2v) is 4.23. The van der Waals surface area contributed by atoms with Crippen LogP contribution in [-0.4, -0.2) is 10.2 Å². The quantitative estimate of drug-likeness (QED) is 0.618. The minimum Gasteiger partial charge on any atom is -0.0955 e. The molecule has 0 spiro atoms. The van der Waals surface area contributed by atoms with E-state index in [2.05, 4.69) is 30.8 Å². The third kappa shape index (κ3) is 2.34. The molecule has 1 heteroatoms. The fourth-order valence-corrected chi connectivity index (χ4v) is 1.82. The Morgan fingerprint density at radius 3 is 2.33 bits per heavy atom. The van der Waals surface area contributed by atoms with Crippen LogP contribution in [-0.2, 0) is 6.42 Å². The zero-order chi connectivity index (χ0) is 8.97. The van der Waals surface area contributed by atoms with Crippen LogP contribution in [0.25, 0.3) is 5.57 Å². The van der Waals surface area contributed by atoms with E-state index in [-0.39, 0.29) is 0 Å². The van der Waals surface area contributed by atoms with E-state index in [1.54, 1.807) is 0 Å². The zero-order valence-electron chi connectivity index (χ0n) is 7.93. The SMILES string of the molecule is C=C(C)c1ccc(CC[SiH3])cc1. The van der Waals surface area contributed by atoms with E-state index < -0.39 is 0 Å². The molecule has 0 saturated heterocycles. The van der Waals surface area contributed by atoms with Crippen molar-refractivity contribution in [1.29, 1.82) is 0 Å². The molecule has 0 nitrogen and oxygen atoms in total. The van der Waals surface area contributed by atoms with Gasteiger partial charge in [0.2, 0.25) is 0 Å². The van der Waals surface area contributed by atoms with Crippen molar-refractivity contribution in [2.45, 2.75) is 19.4 Å². The maximum atomic E-state index is 3.91. The van der Waals surface area contributed by atoms with Crippen molar-refractivity contribution >= 4 is 15.8 Å². The van der Waals surface area contributed by atoms with Gasteiger partial charge in [-0.2, -0.15) is 0 Å². The Hall–Kier alpha value is -0.823. The fraction of sp³-hybridized carbons (Fsp3) is 0.273. The van der Waals surface area contributed by atoms with Gasteiger partial charge < -0.3 is 0 Å². The summed E-state index contributed by atoms with van der Waals surface area (Å²) in [6.07, 6.45) is 1.24. The molecule has 0 saturated carbocycles. The van der Waals surface area contributed by atoms with Crippen molar-refractivity contribution in [2.24, 2.45) is 0 Å². The van der Waals surface area contributed by atoms with Crippen molar-refractivity contribution in [1.82, 2.24) is 0 Å². The highest BCUT2D eigenvalue weighted by molar-refractivity contribution is 6.08. The fourth-order valence-electron chi connectivity index (χ4n) is 1.24. The molecule has 0 heterocycles. The lowest BCUT2D eigenvalue weighted by Gasteiger charge is -2.01. The number of allylic oxidation sites excluding steroid dienone is 1. The molecule has 0 bridgehead atoms. The van der Waals surface area contributed by atoms with Crippen molar-refractivity contribution in [2.75, 3.05) is 0 Å². The van der Waals surface area contributed by atoms with E-state index in [0.717, 1.165) is 5.57 Å². The van der Waals surface area contributed by atoms with Gasteiger partial charge >= 0.3 is 0 Å². The van der Waals surface area contributed by atoms with E-state index in [9.17, 15) is 0 Å².